The van der Waals surface area contributed by atoms with Crippen molar-refractivity contribution in [3.05, 3.63) is 0 Å². The highest BCUT2D eigenvalue weighted by molar-refractivity contribution is 5.65. The number of hydrogen-bond donors (Lipinski definition) is 0. The highest BCUT2D eigenvalue weighted by Crippen LogP contribution is 2.50. The number of fused-ring (bicyclic) bond motifs is 1. The van der Waals surface area contributed by atoms with Crippen molar-refractivity contribution in [3.8, 4) is 0 Å². The third kappa shape index (κ3) is 2.33. The minimum absolute atomic E-state index is 0.176. The van der Waals surface area contributed by atoms with Crippen LogP contribution in [0.2, 0.25) is 0 Å². The van der Waals surface area contributed by atoms with Crippen LogP contribution < -0.4 is 0 Å². The average Bonchev–Trinajstić information content (AvgIpc) is 2.84. The Morgan fingerprint density at radius 3 is 3.00 bits per heavy atom. The molecular formula is C12H20O3. The fourth-order valence-electron chi connectivity index (χ4n) is 2.57. The molecule has 4 atom stereocenters. The molecule has 86 valence electrons. The standard InChI is InChI=1S/C12H20O3/c1-8(7-14-9(2)13)10-4-5-12(3)11(6-10)15-12/h8,10-11H,4-7H2,1-3H3. The Balaban J connectivity index is 1.77. The molecule has 1 saturated carbocycles. The Bertz CT molecular complexity index is 264. The van der Waals surface area contributed by atoms with E-state index in [-0.39, 0.29) is 11.6 Å². The molecule has 0 aromatic heterocycles. The molecule has 0 aromatic rings. The SMILES string of the molecule is CC(=O)OCC(C)C1CCC2(C)OC2C1. The number of esters is 1. The molecule has 2 rings (SSSR count). The van der Waals surface area contributed by atoms with Crippen LogP contribution in [0, 0.1) is 11.8 Å². The molecule has 2 aliphatic rings. The van der Waals surface area contributed by atoms with Crippen LogP contribution in [0.3, 0.4) is 0 Å². The maximum absolute atomic E-state index is 10.7. The molecule has 1 aliphatic heterocycles. The highest BCUT2D eigenvalue weighted by Gasteiger charge is 2.55. The van der Waals surface area contributed by atoms with Crippen LogP contribution in [0.15, 0.2) is 0 Å². The summed E-state index contributed by atoms with van der Waals surface area (Å²) in [5.41, 5.74) is 0.192. The van der Waals surface area contributed by atoms with Gasteiger partial charge in [0.05, 0.1) is 18.3 Å². The van der Waals surface area contributed by atoms with Crippen LogP contribution in [0.5, 0.6) is 0 Å². The molecule has 1 aliphatic carbocycles. The Hall–Kier alpha value is -0.570. The second-order valence-electron chi connectivity index (χ2n) is 5.23. The quantitative estimate of drug-likeness (QED) is 0.531. The monoisotopic (exact) mass is 212 g/mol. The lowest BCUT2D eigenvalue weighted by molar-refractivity contribution is -0.142. The van der Waals surface area contributed by atoms with Crippen molar-refractivity contribution in [3.63, 3.8) is 0 Å². The van der Waals surface area contributed by atoms with Crippen LogP contribution in [0.1, 0.15) is 40.0 Å². The number of rotatable bonds is 3. The van der Waals surface area contributed by atoms with E-state index in [0.29, 0.717) is 24.5 Å². The maximum Gasteiger partial charge on any atom is 0.302 e. The molecule has 3 nitrogen and oxygen atoms in total. The van der Waals surface area contributed by atoms with Crippen molar-refractivity contribution in [2.45, 2.75) is 51.7 Å². The molecule has 3 heteroatoms. The highest BCUT2D eigenvalue weighted by atomic mass is 16.6. The Kier molecular flexibility index (Phi) is 2.75. The predicted octanol–water partition coefficient (Wildman–Crippen LogP) is 2.14. The van der Waals surface area contributed by atoms with Crippen LogP contribution in [0.4, 0.5) is 0 Å². The largest absolute Gasteiger partial charge is 0.466 e. The fraction of sp³-hybridized carbons (Fsp3) is 0.917. The minimum Gasteiger partial charge on any atom is -0.466 e. The van der Waals surface area contributed by atoms with Gasteiger partial charge in [0, 0.05) is 6.92 Å². The molecule has 0 N–H and O–H groups in total. The average molecular weight is 212 g/mol. The zero-order valence-corrected chi connectivity index (χ0v) is 9.79. The smallest absolute Gasteiger partial charge is 0.302 e. The summed E-state index contributed by atoms with van der Waals surface area (Å²) in [7, 11) is 0. The van der Waals surface area contributed by atoms with Gasteiger partial charge in [-0.1, -0.05) is 6.92 Å². The van der Waals surface area contributed by atoms with Crippen LogP contribution in [0.25, 0.3) is 0 Å². The van der Waals surface area contributed by atoms with Gasteiger partial charge in [-0.2, -0.15) is 0 Å². The van der Waals surface area contributed by atoms with Crippen molar-refractivity contribution in [1.29, 1.82) is 0 Å². The molecule has 2 fully saturated rings. The Morgan fingerprint density at radius 1 is 1.67 bits per heavy atom. The van der Waals surface area contributed by atoms with Gasteiger partial charge in [-0.15, -0.1) is 0 Å². The van der Waals surface area contributed by atoms with Crippen molar-refractivity contribution >= 4 is 5.97 Å². The van der Waals surface area contributed by atoms with E-state index in [1.54, 1.807) is 0 Å². The van der Waals surface area contributed by atoms with E-state index >= 15 is 0 Å². The van der Waals surface area contributed by atoms with Crippen molar-refractivity contribution in [2.24, 2.45) is 11.8 Å². The lowest BCUT2D eigenvalue weighted by Crippen LogP contribution is -2.27. The first-order valence-electron chi connectivity index (χ1n) is 5.82. The number of carbonyl (C=O) groups is 1. The third-order valence-corrected chi connectivity index (χ3v) is 3.92. The molecule has 0 bridgehead atoms. The summed E-state index contributed by atoms with van der Waals surface area (Å²) >= 11 is 0. The summed E-state index contributed by atoms with van der Waals surface area (Å²) in [4.78, 5) is 10.7. The first kappa shape index (κ1) is 10.9. The lowest BCUT2D eigenvalue weighted by atomic mass is 9.77. The van der Waals surface area contributed by atoms with E-state index in [9.17, 15) is 4.79 Å². The molecular weight excluding hydrogens is 192 g/mol. The molecule has 0 aromatic carbocycles. The molecule has 0 amide bonds. The van der Waals surface area contributed by atoms with Gasteiger partial charge in [0.2, 0.25) is 0 Å². The van der Waals surface area contributed by atoms with Crippen molar-refractivity contribution in [1.82, 2.24) is 0 Å². The van der Waals surface area contributed by atoms with Gasteiger partial charge in [-0.3, -0.25) is 4.79 Å². The summed E-state index contributed by atoms with van der Waals surface area (Å²) in [5, 5.41) is 0. The number of carbonyl (C=O) groups excluding carboxylic acids is 1. The Labute approximate surface area is 91.1 Å². The van der Waals surface area contributed by atoms with Gasteiger partial charge in [-0.05, 0) is 38.0 Å². The summed E-state index contributed by atoms with van der Waals surface area (Å²) in [5.74, 6) is 0.942. The summed E-state index contributed by atoms with van der Waals surface area (Å²) in [6, 6.07) is 0. The first-order chi connectivity index (χ1) is 7.01. The zero-order chi connectivity index (χ0) is 11.1. The maximum atomic E-state index is 10.7. The molecule has 1 heterocycles. The van der Waals surface area contributed by atoms with Gasteiger partial charge in [0.15, 0.2) is 0 Å². The second-order valence-corrected chi connectivity index (χ2v) is 5.23. The van der Waals surface area contributed by atoms with E-state index in [1.165, 1.54) is 13.3 Å². The number of epoxide rings is 1. The molecule has 15 heavy (non-hydrogen) atoms. The second kappa shape index (κ2) is 3.78. The van der Waals surface area contributed by atoms with E-state index in [2.05, 4.69) is 13.8 Å². The summed E-state index contributed by atoms with van der Waals surface area (Å²) < 4.78 is 10.7. The minimum atomic E-state index is -0.176. The fourth-order valence-corrected chi connectivity index (χ4v) is 2.57. The van der Waals surface area contributed by atoms with E-state index in [1.807, 2.05) is 0 Å². The summed E-state index contributed by atoms with van der Waals surface area (Å²) in [6.07, 6.45) is 3.97. The normalized spacial score (nSPS) is 40.5. The molecule has 1 saturated heterocycles. The van der Waals surface area contributed by atoms with E-state index in [0.717, 1.165) is 12.8 Å². The van der Waals surface area contributed by atoms with E-state index < -0.39 is 0 Å². The van der Waals surface area contributed by atoms with Crippen LogP contribution in [-0.2, 0) is 14.3 Å². The van der Waals surface area contributed by atoms with E-state index in [4.69, 9.17) is 9.47 Å². The Morgan fingerprint density at radius 2 is 2.40 bits per heavy atom. The van der Waals surface area contributed by atoms with Crippen molar-refractivity contribution in [2.75, 3.05) is 6.61 Å². The van der Waals surface area contributed by atoms with Crippen molar-refractivity contribution < 1.29 is 14.3 Å². The topological polar surface area (TPSA) is 38.8 Å². The van der Waals surface area contributed by atoms with Gasteiger partial charge < -0.3 is 9.47 Å². The van der Waals surface area contributed by atoms with Crippen LogP contribution >= 0.6 is 0 Å². The van der Waals surface area contributed by atoms with Gasteiger partial charge >= 0.3 is 5.97 Å². The van der Waals surface area contributed by atoms with Crippen LogP contribution in [-0.4, -0.2) is 24.3 Å². The number of ether oxygens (including phenoxy) is 2. The van der Waals surface area contributed by atoms with Gasteiger partial charge in [0.25, 0.3) is 0 Å². The van der Waals surface area contributed by atoms with Gasteiger partial charge in [-0.25, -0.2) is 0 Å². The molecule has 0 radical (unpaired) electrons. The van der Waals surface area contributed by atoms with Gasteiger partial charge in [0.1, 0.15) is 0 Å². The molecule has 4 unspecified atom stereocenters. The molecule has 0 spiro atoms. The number of hydrogen-bond acceptors (Lipinski definition) is 3. The lowest BCUT2D eigenvalue weighted by Gasteiger charge is -2.27. The zero-order valence-electron chi connectivity index (χ0n) is 9.79. The first-order valence-corrected chi connectivity index (χ1v) is 5.82. The summed E-state index contributed by atoms with van der Waals surface area (Å²) in [6.45, 7) is 6.39. The third-order valence-electron chi connectivity index (χ3n) is 3.92. The predicted molar refractivity (Wildman–Crippen MR) is 56.4 cm³/mol.